The Bertz CT molecular complexity index is 990. The average Bonchev–Trinajstić information content (AvgIpc) is 2.58. The Hall–Kier alpha value is -2.31. The number of hydrogen-bond donors (Lipinski definition) is 2. The highest BCUT2D eigenvalue weighted by atomic mass is 35.5. The number of thioether (sulfide) groups is 1. The Labute approximate surface area is 152 Å². The van der Waals surface area contributed by atoms with Crippen molar-refractivity contribution in [2.75, 3.05) is 11.1 Å². The van der Waals surface area contributed by atoms with Crippen molar-refractivity contribution in [1.82, 2.24) is 4.98 Å². The van der Waals surface area contributed by atoms with Crippen LogP contribution in [-0.2, 0) is 10.5 Å². The van der Waals surface area contributed by atoms with Crippen molar-refractivity contribution in [3.8, 4) is 0 Å². The fraction of sp³-hybridized carbons (Fsp3) is 0.111. The van der Waals surface area contributed by atoms with Gasteiger partial charge in [-0.25, -0.2) is 4.39 Å². The molecule has 0 bridgehead atoms. The lowest BCUT2D eigenvalue weighted by Crippen LogP contribution is -2.14. The molecular weight excluding hydrogens is 363 g/mol. The maximum atomic E-state index is 13.1. The van der Waals surface area contributed by atoms with E-state index in [1.807, 2.05) is 18.2 Å². The summed E-state index contributed by atoms with van der Waals surface area (Å²) in [6, 6.07) is 12.8. The van der Waals surface area contributed by atoms with E-state index in [1.165, 1.54) is 30.0 Å². The second-order valence-corrected chi connectivity index (χ2v) is 6.77. The number of fused-ring (bicyclic) bond motifs is 1. The van der Waals surface area contributed by atoms with Gasteiger partial charge in [0.15, 0.2) is 5.43 Å². The van der Waals surface area contributed by atoms with Gasteiger partial charge in [0.25, 0.3) is 0 Å². The van der Waals surface area contributed by atoms with Gasteiger partial charge < -0.3 is 10.3 Å². The molecule has 1 amide bonds. The van der Waals surface area contributed by atoms with E-state index in [0.717, 1.165) is 11.2 Å². The topological polar surface area (TPSA) is 62.0 Å². The number of H-pyrrole nitrogens is 1. The van der Waals surface area contributed by atoms with Crippen LogP contribution in [0, 0.1) is 5.82 Å². The number of nitrogens with one attached hydrogen (secondary N) is 2. The number of carbonyl (C=O) groups excluding carboxylic acids is 1. The van der Waals surface area contributed by atoms with Crippen molar-refractivity contribution < 1.29 is 9.18 Å². The van der Waals surface area contributed by atoms with Crippen LogP contribution in [0.2, 0.25) is 5.02 Å². The van der Waals surface area contributed by atoms with Crippen molar-refractivity contribution in [1.29, 1.82) is 0 Å². The second-order valence-electron chi connectivity index (χ2n) is 5.37. The number of para-hydroxylation sites is 1. The Morgan fingerprint density at radius 1 is 1.20 bits per heavy atom. The summed E-state index contributed by atoms with van der Waals surface area (Å²) in [6.45, 7) is 0. The molecule has 0 spiro atoms. The van der Waals surface area contributed by atoms with E-state index in [9.17, 15) is 14.0 Å². The zero-order valence-corrected chi connectivity index (χ0v) is 14.6. The van der Waals surface area contributed by atoms with Crippen LogP contribution in [0.5, 0.6) is 0 Å². The number of benzene rings is 2. The predicted molar refractivity (Wildman–Crippen MR) is 101 cm³/mol. The normalized spacial score (nSPS) is 10.8. The van der Waals surface area contributed by atoms with Crippen LogP contribution in [0.15, 0.2) is 53.3 Å². The zero-order chi connectivity index (χ0) is 17.8. The molecule has 0 saturated heterocycles. The first kappa shape index (κ1) is 17.5. The van der Waals surface area contributed by atoms with E-state index in [1.54, 1.807) is 12.1 Å². The van der Waals surface area contributed by atoms with Crippen LogP contribution in [0.1, 0.15) is 5.69 Å². The van der Waals surface area contributed by atoms with E-state index in [-0.39, 0.29) is 22.1 Å². The summed E-state index contributed by atoms with van der Waals surface area (Å²) < 4.78 is 13.1. The summed E-state index contributed by atoms with van der Waals surface area (Å²) in [5.41, 5.74) is 1.92. The van der Waals surface area contributed by atoms with E-state index >= 15 is 0 Å². The van der Waals surface area contributed by atoms with Gasteiger partial charge >= 0.3 is 0 Å². The van der Waals surface area contributed by atoms with E-state index in [4.69, 9.17) is 11.6 Å². The highest BCUT2D eigenvalue weighted by molar-refractivity contribution is 7.99. The van der Waals surface area contributed by atoms with Gasteiger partial charge in [-0.05, 0) is 30.3 Å². The molecule has 0 aliphatic rings. The molecule has 0 unspecified atom stereocenters. The fourth-order valence-electron chi connectivity index (χ4n) is 2.35. The molecule has 0 atom stereocenters. The van der Waals surface area contributed by atoms with Gasteiger partial charge in [-0.1, -0.05) is 23.7 Å². The molecule has 25 heavy (non-hydrogen) atoms. The Kier molecular flexibility index (Phi) is 5.40. The Balaban J connectivity index is 1.58. The van der Waals surface area contributed by atoms with Crippen LogP contribution < -0.4 is 10.7 Å². The molecule has 0 radical (unpaired) electrons. The summed E-state index contributed by atoms with van der Waals surface area (Å²) in [5, 5.41) is 3.25. The molecule has 7 heteroatoms. The third-order valence-electron chi connectivity index (χ3n) is 3.49. The van der Waals surface area contributed by atoms with Gasteiger partial charge in [-0.2, -0.15) is 0 Å². The molecular formula is C18H14ClFN2O2S. The number of halogens is 2. The number of anilines is 1. The minimum Gasteiger partial charge on any atom is -0.357 e. The maximum Gasteiger partial charge on any atom is 0.234 e. The summed E-state index contributed by atoms with van der Waals surface area (Å²) in [4.78, 5) is 27.2. The number of carbonyl (C=O) groups is 1. The number of amides is 1. The minimum absolute atomic E-state index is 0.0424. The van der Waals surface area contributed by atoms with E-state index in [0.29, 0.717) is 16.8 Å². The largest absolute Gasteiger partial charge is 0.357 e. The number of rotatable bonds is 5. The quantitative estimate of drug-likeness (QED) is 0.701. The summed E-state index contributed by atoms with van der Waals surface area (Å²) in [5.74, 6) is -0.0632. The smallest absolute Gasteiger partial charge is 0.234 e. The average molecular weight is 377 g/mol. The Morgan fingerprint density at radius 3 is 2.80 bits per heavy atom. The lowest BCUT2D eigenvalue weighted by Gasteiger charge is -2.07. The van der Waals surface area contributed by atoms with Crippen LogP contribution in [0.3, 0.4) is 0 Å². The highest BCUT2D eigenvalue weighted by Gasteiger charge is 2.07. The van der Waals surface area contributed by atoms with Crippen molar-refractivity contribution in [3.05, 3.63) is 75.3 Å². The number of aromatic amines is 1. The molecule has 3 aromatic rings. The van der Waals surface area contributed by atoms with Gasteiger partial charge in [-0.15, -0.1) is 11.8 Å². The lowest BCUT2D eigenvalue weighted by atomic mass is 10.2. The van der Waals surface area contributed by atoms with Crippen LogP contribution >= 0.6 is 23.4 Å². The van der Waals surface area contributed by atoms with Crippen LogP contribution in [-0.4, -0.2) is 16.6 Å². The van der Waals surface area contributed by atoms with E-state index < -0.39 is 5.82 Å². The monoisotopic (exact) mass is 376 g/mol. The van der Waals surface area contributed by atoms with Crippen molar-refractivity contribution in [3.63, 3.8) is 0 Å². The van der Waals surface area contributed by atoms with Gasteiger partial charge in [0, 0.05) is 34.1 Å². The van der Waals surface area contributed by atoms with Crippen molar-refractivity contribution >= 4 is 45.9 Å². The first-order valence-corrected chi connectivity index (χ1v) is 9.00. The zero-order valence-electron chi connectivity index (χ0n) is 13.0. The molecule has 1 aromatic heterocycles. The minimum atomic E-state index is -0.533. The standard InChI is InChI=1S/C18H14ClFN2O2S/c19-14-7-11(5-6-15(14)20)22-18(24)10-25-9-12-8-17(23)13-3-1-2-4-16(13)21-12/h1-8H,9-10H2,(H,21,23)(H,22,24). The molecule has 3 rings (SSSR count). The summed E-state index contributed by atoms with van der Waals surface area (Å²) in [6.07, 6.45) is 0. The summed E-state index contributed by atoms with van der Waals surface area (Å²) in [7, 11) is 0. The molecule has 1 heterocycles. The van der Waals surface area contributed by atoms with Crippen molar-refractivity contribution in [2.45, 2.75) is 5.75 Å². The van der Waals surface area contributed by atoms with Crippen LogP contribution in [0.4, 0.5) is 10.1 Å². The highest BCUT2D eigenvalue weighted by Crippen LogP contribution is 2.20. The molecule has 2 aromatic carbocycles. The Morgan fingerprint density at radius 2 is 2.00 bits per heavy atom. The van der Waals surface area contributed by atoms with Gasteiger partial charge in [0.05, 0.1) is 10.8 Å². The predicted octanol–water partition coefficient (Wildman–Crippen LogP) is 4.19. The van der Waals surface area contributed by atoms with E-state index in [2.05, 4.69) is 10.3 Å². The molecule has 2 N–H and O–H groups in total. The molecule has 0 aliphatic heterocycles. The number of pyridine rings is 1. The SMILES string of the molecule is O=C(CSCc1cc(=O)c2ccccc2[nH]1)Nc1ccc(F)c(Cl)c1. The van der Waals surface area contributed by atoms with Gasteiger partial charge in [0.2, 0.25) is 5.91 Å². The second kappa shape index (κ2) is 7.72. The first-order valence-electron chi connectivity index (χ1n) is 7.46. The molecule has 0 fully saturated rings. The molecule has 4 nitrogen and oxygen atoms in total. The van der Waals surface area contributed by atoms with Crippen molar-refractivity contribution in [2.24, 2.45) is 0 Å². The third kappa shape index (κ3) is 4.41. The van der Waals surface area contributed by atoms with Gasteiger partial charge in [-0.3, -0.25) is 9.59 Å². The number of aromatic nitrogens is 1. The first-order chi connectivity index (χ1) is 12.0. The van der Waals surface area contributed by atoms with Crippen LogP contribution in [0.25, 0.3) is 10.9 Å². The maximum absolute atomic E-state index is 13.1. The number of hydrogen-bond acceptors (Lipinski definition) is 3. The van der Waals surface area contributed by atoms with Gasteiger partial charge in [0.1, 0.15) is 5.82 Å². The molecule has 0 aliphatic carbocycles. The molecule has 0 saturated carbocycles. The fourth-order valence-corrected chi connectivity index (χ4v) is 3.27. The summed E-state index contributed by atoms with van der Waals surface area (Å²) >= 11 is 7.05. The third-order valence-corrected chi connectivity index (χ3v) is 4.76. The lowest BCUT2D eigenvalue weighted by molar-refractivity contribution is -0.113. The molecule has 128 valence electrons.